The molecule has 0 bridgehead atoms. The van der Waals surface area contributed by atoms with Gasteiger partial charge in [0.25, 0.3) is 5.91 Å². The maximum Gasteiger partial charge on any atom is 0.276 e. The third-order valence-corrected chi connectivity index (χ3v) is 6.58. The van der Waals surface area contributed by atoms with Gasteiger partial charge in [-0.15, -0.1) is 0 Å². The summed E-state index contributed by atoms with van der Waals surface area (Å²) in [7, 11) is 0. The van der Waals surface area contributed by atoms with E-state index in [1.54, 1.807) is 41.0 Å². The first-order valence-corrected chi connectivity index (χ1v) is 13.8. The number of anilines is 1. The maximum atomic E-state index is 13.0. The van der Waals surface area contributed by atoms with Crippen molar-refractivity contribution in [1.29, 1.82) is 0 Å². The van der Waals surface area contributed by atoms with E-state index in [0.717, 1.165) is 28.0 Å². The molecule has 0 radical (unpaired) electrons. The number of halogens is 1. The third-order valence-electron chi connectivity index (χ3n) is 6.00. The van der Waals surface area contributed by atoms with Crippen LogP contribution in [0.25, 0.3) is 17.0 Å². The van der Waals surface area contributed by atoms with Crippen LogP contribution in [0.15, 0.2) is 71.5 Å². The fourth-order valence-corrected chi connectivity index (χ4v) is 4.62. The van der Waals surface area contributed by atoms with Crippen LogP contribution in [0.3, 0.4) is 0 Å². The predicted octanol–water partition coefficient (Wildman–Crippen LogP) is 6.00. The largest absolute Gasteiger partial charge is 0.490 e. The van der Waals surface area contributed by atoms with Gasteiger partial charge in [0.05, 0.1) is 23.4 Å². The molecule has 5 aromatic rings. The Bertz CT molecular complexity index is 1630. The van der Waals surface area contributed by atoms with E-state index in [4.69, 9.17) is 14.2 Å². The van der Waals surface area contributed by atoms with Crippen molar-refractivity contribution < 1.29 is 19.0 Å². The predicted molar refractivity (Wildman–Crippen MR) is 155 cm³/mol. The van der Waals surface area contributed by atoms with Crippen LogP contribution in [-0.2, 0) is 13.2 Å². The number of rotatable bonds is 11. The fourth-order valence-electron chi connectivity index (χ4n) is 4.10. The van der Waals surface area contributed by atoms with Crippen molar-refractivity contribution >= 4 is 33.2 Å². The summed E-state index contributed by atoms with van der Waals surface area (Å²) in [6.07, 6.45) is 3.58. The standard InChI is InChI=1S/C29H29BrN6O4/c1-4-35-17-22(30)28(34-35)24-13-14-31-27-16-23(33-36(24)27)29(37)32-20-8-10-21(11-9-20)40-18-19-7-12-25(38-5-2)26(15-19)39-6-3/h7-17H,4-6,18H2,1-3H3,(H,32,37). The highest BCUT2D eigenvalue weighted by Crippen LogP contribution is 2.30. The summed E-state index contributed by atoms with van der Waals surface area (Å²) in [5, 5.41) is 12.0. The quantitative estimate of drug-likeness (QED) is 0.197. The summed E-state index contributed by atoms with van der Waals surface area (Å²) >= 11 is 3.56. The van der Waals surface area contributed by atoms with Gasteiger partial charge in [0.2, 0.25) is 0 Å². The molecule has 0 fully saturated rings. The van der Waals surface area contributed by atoms with Crippen molar-refractivity contribution in [3.63, 3.8) is 0 Å². The molecule has 1 N–H and O–H groups in total. The molecule has 1 amide bonds. The van der Waals surface area contributed by atoms with Gasteiger partial charge in [-0.2, -0.15) is 10.2 Å². The molecule has 0 spiro atoms. The SMILES string of the molecule is CCOc1ccc(COc2ccc(NC(=O)c3cc4nccc(-c5nn(CC)cc5Br)n4n3)cc2)cc1OCC. The molecule has 11 heteroatoms. The summed E-state index contributed by atoms with van der Waals surface area (Å²) in [5.41, 5.74) is 3.81. The lowest BCUT2D eigenvalue weighted by Gasteiger charge is -2.13. The van der Waals surface area contributed by atoms with Gasteiger partial charge in [0.1, 0.15) is 18.1 Å². The lowest BCUT2D eigenvalue weighted by molar-refractivity contribution is 0.102. The number of carbonyl (C=O) groups excluding carboxylic acids is 1. The molecular formula is C29H29BrN6O4. The summed E-state index contributed by atoms with van der Waals surface area (Å²) in [6.45, 7) is 8.10. The molecule has 0 atom stereocenters. The Hall–Kier alpha value is -4.38. The van der Waals surface area contributed by atoms with Crippen LogP contribution in [0.1, 0.15) is 36.8 Å². The molecule has 5 rings (SSSR count). The van der Waals surface area contributed by atoms with E-state index in [2.05, 4.69) is 36.4 Å². The van der Waals surface area contributed by atoms with E-state index in [1.165, 1.54) is 0 Å². The van der Waals surface area contributed by atoms with Crippen LogP contribution in [0.2, 0.25) is 0 Å². The lowest BCUT2D eigenvalue weighted by Crippen LogP contribution is -2.12. The van der Waals surface area contributed by atoms with Gasteiger partial charge in [-0.1, -0.05) is 6.07 Å². The molecule has 0 saturated heterocycles. The number of ether oxygens (including phenoxy) is 3. The minimum absolute atomic E-state index is 0.243. The number of nitrogens with zero attached hydrogens (tertiary/aromatic N) is 5. The van der Waals surface area contributed by atoms with E-state index >= 15 is 0 Å². The smallest absolute Gasteiger partial charge is 0.276 e. The number of amides is 1. The number of benzene rings is 2. The Kier molecular flexibility index (Phi) is 8.30. The highest BCUT2D eigenvalue weighted by atomic mass is 79.9. The molecule has 0 aliphatic rings. The average Bonchev–Trinajstić information content (AvgIpc) is 3.57. The molecular weight excluding hydrogens is 576 g/mol. The van der Waals surface area contributed by atoms with Gasteiger partial charge in [0.15, 0.2) is 22.8 Å². The molecule has 10 nitrogen and oxygen atoms in total. The second-order valence-corrected chi connectivity index (χ2v) is 9.58. The van der Waals surface area contributed by atoms with E-state index in [0.29, 0.717) is 48.4 Å². The van der Waals surface area contributed by atoms with Crippen molar-refractivity contribution in [2.45, 2.75) is 33.9 Å². The summed E-state index contributed by atoms with van der Waals surface area (Å²) in [4.78, 5) is 17.4. The minimum atomic E-state index is -0.346. The number of carbonyl (C=O) groups is 1. The van der Waals surface area contributed by atoms with Crippen LogP contribution in [0, 0.1) is 0 Å². The molecule has 40 heavy (non-hydrogen) atoms. The van der Waals surface area contributed by atoms with E-state index in [1.807, 2.05) is 55.9 Å². The molecule has 0 unspecified atom stereocenters. The number of aromatic nitrogens is 5. The monoisotopic (exact) mass is 604 g/mol. The van der Waals surface area contributed by atoms with Gasteiger partial charge in [0, 0.05) is 30.7 Å². The summed E-state index contributed by atoms with van der Waals surface area (Å²) in [6, 6.07) is 16.4. The number of hydrogen-bond acceptors (Lipinski definition) is 7. The maximum absolute atomic E-state index is 13.0. The molecule has 206 valence electrons. The fraction of sp³-hybridized carbons (Fsp3) is 0.241. The molecule has 0 saturated carbocycles. The zero-order chi connectivity index (χ0) is 28.1. The number of aryl methyl sites for hydroxylation is 1. The zero-order valence-corrected chi connectivity index (χ0v) is 24.0. The van der Waals surface area contributed by atoms with Crippen molar-refractivity contribution in [1.82, 2.24) is 24.4 Å². The van der Waals surface area contributed by atoms with Crippen LogP contribution < -0.4 is 19.5 Å². The van der Waals surface area contributed by atoms with Gasteiger partial charge >= 0.3 is 0 Å². The lowest BCUT2D eigenvalue weighted by atomic mass is 10.2. The molecule has 3 heterocycles. The van der Waals surface area contributed by atoms with Gasteiger partial charge in [-0.3, -0.25) is 9.48 Å². The topological polar surface area (TPSA) is 105 Å². The Morgan fingerprint density at radius 3 is 2.42 bits per heavy atom. The van der Waals surface area contributed by atoms with E-state index < -0.39 is 0 Å². The van der Waals surface area contributed by atoms with Crippen molar-refractivity contribution in [3.8, 4) is 28.6 Å². The number of hydrogen-bond donors (Lipinski definition) is 1. The first-order valence-electron chi connectivity index (χ1n) is 13.0. The Balaban J connectivity index is 1.25. The van der Waals surface area contributed by atoms with Crippen LogP contribution in [0.5, 0.6) is 17.2 Å². The Morgan fingerprint density at radius 1 is 0.925 bits per heavy atom. The van der Waals surface area contributed by atoms with Crippen molar-refractivity contribution in [3.05, 3.63) is 82.7 Å². The highest BCUT2D eigenvalue weighted by molar-refractivity contribution is 9.10. The Morgan fingerprint density at radius 2 is 1.70 bits per heavy atom. The van der Waals surface area contributed by atoms with Crippen LogP contribution >= 0.6 is 15.9 Å². The third kappa shape index (κ3) is 5.94. The van der Waals surface area contributed by atoms with Gasteiger partial charge in [-0.05, 0) is 84.7 Å². The number of fused-ring (bicyclic) bond motifs is 1. The first kappa shape index (κ1) is 27.2. The molecule has 2 aromatic carbocycles. The molecule has 3 aromatic heterocycles. The van der Waals surface area contributed by atoms with Crippen molar-refractivity contribution in [2.75, 3.05) is 18.5 Å². The van der Waals surface area contributed by atoms with E-state index in [-0.39, 0.29) is 11.6 Å². The highest BCUT2D eigenvalue weighted by Gasteiger charge is 2.17. The number of nitrogens with one attached hydrogen (secondary N) is 1. The van der Waals surface area contributed by atoms with E-state index in [9.17, 15) is 4.79 Å². The Labute approximate surface area is 240 Å². The minimum Gasteiger partial charge on any atom is -0.490 e. The normalized spacial score (nSPS) is 11.0. The molecule has 0 aliphatic heterocycles. The summed E-state index contributed by atoms with van der Waals surface area (Å²) < 4.78 is 21.5. The van der Waals surface area contributed by atoms with Gasteiger partial charge < -0.3 is 19.5 Å². The zero-order valence-electron chi connectivity index (χ0n) is 22.4. The summed E-state index contributed by atoms with van der Waals surface area (Å²) in [5.74, 6) is 1.73. The first-order chi connectivity index (χ1) is 19.5. The molecule has 0 aliphatic carbocycles. The van der Waals surface area contributed by atoms with Crippen LogP contribution in [-0.4, -0.2) is 43.5 Å². The average molecular weight is 605 g/mol. The van der Waals surface area contributed by atoms with Crippen LogP contribution in [0.4, 0.5) is 5.69 Å². The van der Waals surface area contributed by atoms with Crippen molar-refractivity contribution in [2.24, 2.45) is 0 Å². The second kappa shape index (κ2) is 12.2. The second-order valence-electron chi connectivity index (χ2n) is 8.73. The van der Waals surface area contributed by atoms with Gasteiger partial charge in [-0.25, -0.2) is 9.50 Å².